The summed E-state index contributed by atoms with van der Waals surface area (Å²) in [5, 5.41) is 4.76. The second kappa shape index (κ2) is 9.09. The summed E-state index contributed by atoms with van der Waals surface area (Å²) in [5.41, 5.74) is 2.99. The summed E-state index contributed by atoms with van der Waals surface area (Å²) in [7, 11) is 10.00. The third-order valence-electron chi connectivity index (χ3n) is 4.74. The zero-order valence-electron chi connectivity index (χ0n) is 15.1. The lowest BCUT2D eigenvalue weighted by molar-refractivity contribution is -1.07. The van der Waals surface area contributed by atoms with Crippen molar-refractivity contribution in [1.29, 1.82) is 0 Å². The van der Waals surface area contributed by atoms with Gasteiger partial charge in [-0.05, 0) is 32.2 Å². The summed E-state index contributed by atoms with van der Waals surface area (Å²) >= 11 is 0. The van der Waals surface area contributed by atoms with Crippen LogP contribution in [0.5, 0.6) is 0 Å². The molecule has 0 bridgehead atoms. The molecule has 22 heavy (non-hydrogen) atoms. The third-order valence-corrected chi connectivity index (χ3v) is 4.74. The van der Waals surface area contributed by atoms with Gasteiger partial charge in [0.25, 0.3) is 0 Å². The van der Waals surface area contributed by atoms with E-state index in [1.807, 2.05) is 14.1 Å². The van der Waals surface area contributed by atoms with Crippen LogP contribution < -0.4 is 17.1 Å². The molecule has 0 aliphatic heterocycles. The summed E-state index contributed by atoms with van der Waals surface area (Å²) in [4.78, 5) is 2.17. The Kier molecular flexibility index (Phi) is 8.15. The van der Waals surface area contributed by atoms with Crippen molar-refractivity contribution in [3.05, 3.63) is 0 Å². The zero-order chi connectivity index (χ0) is 16.8. The number of hydrogen-bond acceptors (Lipinski definition) is 7. The number of rotatable bonds is 7. The lowest BCUT2D eigenvalue weighted by atomic mass is 9.95. The molecule has 0 aromatic heterocycles. The Morgan fingerprint density at radius 3 is 1.95 bits per heavy atom. The van der Waals surface area contributed by atoms with Gasteiger partial charge in [0.1, 0.15) is 6.04 Å². The second-order valence-corrected chi connectivity index (χ2v) is 6.82. The fourth-order valence-electron chi connectivity index (χ4n) is 3.36. The predicted molar refractivity (Wildman–Crippen MR) is 89.7 cm³/mol. The summed E-state index contributed by atoms with van der Waals surface area (Å²) < 4.78 is 0.579. The van der Waals surface area contributed by atoms with Crippen LogP contribution in [-0.2, 0) is 0 Å². The maximum Gasteiger partial charge on any atom is 0.154 e. The van der Waals surface area contributed by atoms with E-state index in [2.05, 4.69) is 31.5 Å². The van der Waals surface area contributed by atoms with Gasteiger partial charge in [0, 0.05) is 32.2 Å². The number of hydrogen-bond donors (Lipinski definition) is 3. The Bertz CT molecular complexity index is 301. The van der Waals surface area contributed by atoms with Gasteiger partial charge in [0.2, 0.25) is 0 Å². The Balaban J connectivity index is 2.95. The molecule has 0 heterocycles. The largest absolute Gasteiger partial charge is 0.261 e. The van der Waals surface area contributed by atoms with Crippen LogP contribution in [0.4, 0.5) is 0 Å². The van der Waals surface area contributed by atoms with Crippen molar-refractivity contribution in [3.63, 3.8) is 0 Å². The van der Waals surface area contributed by atoms with Crippen molar-refractivity contribution >= 4 is 0 Å². The maximum absolute atomic E-state index is 6.44. The average Bonchev–Trinajstić information content (AvgIpc) is 2.43. The third kappa shape index (κ3) is 5.10. The van der Waals surface area contributed by atoms with Crippen LogP contribution >= 0.6 is 0 Å². The molecule has 5 N–H and O–H groups in total. The van der Waals surface area contributed by atoms with Crippen molar-refractivity contribution in [2.24, 2.45) is 11.7 Å². The maximum atomic E-state index is 6.44. The van der Waals surface area contributed by atoms with Crippen LogP contribution in [0.1, 0.15) is 44.9 Å². The molecule has 0 radical (unpaired) electrons. The van der Waals surface area contributed by atoms with Gasteiger partial charge in [-0.15, -0.1) is 5.12 Å². The van der Waals surface area contributed by atoms with Gasteiger partial charge in [-0.3, -0.25) is 4.90 Å². The van der Waals surface area contributed by atoms with E-state index in [0.717, 1.165) is 6.67 Å². The van der Waals surface area contributed by atoms with Crippen LogP contribution in [0.2, 0.25) is 0 Å². The zero-order valence-corrected chi connectivity index (χ0v) is 15.1. The van der Waals surface area contributed by atoms with E-state index in [0.29, 0.717) is 10.6 Å². The van der Waals surface area contributed by atoms with E-state index in [1.165, 1.54) is 50.2 Å². The molecule has 0 aromatic rings. The van der Waals surface area contributed by atoms with E-state index in [9.17, 15) is 0 Å². The number of nitrogens with one attached hydrogen (secondary N) is 1. The van der Waals surface area contributed by atoms with Crippen molar-refractivity contribution < 1.29 is 4.59 Å². The average molecular weight is 318 g/mol. The lowest BCUT2D eigenvalue weighted by Gasteiger charge is -2.49. The topological polar surface area (TPSA) is 77.0 Å². The minimum absolute atomic E-state index is 0.476. The molecule has 0 spiro atoms. The van der Waals surface area contributed by atoms with Crippen LogP contribution in [0, 0.1) is 0 Å². The molecule has 1 atom stereocenters. The highest BCUT2D eigenvalue weighted by molar-refractivity contribution is 4.64. The highest BCUT2D eigenvalue weighted by atomic mass is 16.2. The molecule has 1 fully saturated rings. The molecule has 8 nitrogen and oxygen atoms in total. The molecule has 0 aromatic carbocycles. The molecular formula is C14H37N8+. The molecule has 0 amide bonds. The van der Waals surface area contributed by atoms with Crippen molar-refractivity contribution in [1.82, 2.24) is 25.9 Å². The first-order valence-electron chi connectivity index (χ1n) is 8.34. The fraction of sp³-hybridized carbons (Fsp3) is 1.00. The van der Waals surface area contributed by atoms with Crippen LogP contribution in [-0.4, -0.2) is 73.0 Å². The van der Waals surface area contributed by atoms with Gasteiger partial charge in [-0.25, -0.2) is 17.1 Å². The molecule has 1 aliphatic rings. The van der Waals surface area contributed by atoms with Gasteiger partial charge < -0.3 is 0 Å². The Hall–Kier alpha value is -0.320. The van der Waals surface area contributed by atoms with E-state index in [1.54, 1.807) is 10.3 Å². The standard InChI is InChI=1S/C14H37N8/c1-17-19(4)20(15)21(16)22(5,13-18(2)3)14-11-9-7-6-8-10-12-14/h14,17H,6-13,15-16H2,1-5H3/q+1. The quantitative estimate of drug-likeness (QED) is 0.268. The van der Waals surface area contributed by atoms with Gasteiger partial charge in [-0.1, -0.05) is 19.3 Å². The van der Waals surface area contributed by atoms with Gasteiger partial charge in [0.15, 0.2) is 6.67 Å². The molecule has 8 heteroatoms. The van der Waals surface area contributed by atoms with Crippen molar-refractivity contribution in [2.45, 2.75) is 51.0 Å². The lowest BCUT2D eigenvalue weighted by Crippen LogP contribution is -2.77. The van der Waals surface area contributed by atoms with Crippen LogP contribution in [0.15, 0.2) is 0 Å². The van der Waals surface area contributed by atoms with E-state index < -0.39 is 0 Å². The number of quaternary nitrogens is 1. The first-order chi connectivity index (χ1) is 10.3. The summed E-state index contributed by atoms with van der Waals surface area (Å²) in [5.74, 6) is 12.6. The van der Waals surface area contributed by atoms with E-state index >= 15 is 0 Å². The number of nitrogens with two attached hydrogens (primary N) is 2. The fourth-order valence-corrected chi connectivity index (χ4v) is 3.36. The second-order valence-electron chi connectivity index (χ2n) is 6.82. The first kappa shape index (κ1) is 19.7. The highest BCUT2D eigenvalue weighted by Gasteiger charge is 2.41. The molecule has 1 saturated carbocycles. The van der Waals surface area contributed by atoms with Crippen LogP contribution in [0.25, 0.3) is 0 Å². The molecule has 132 valence electrons. The summed E-state index contributed by atoms with van der Waals surface area (Å²) in [6.07, 6.45) is 8.93. The van der Waals surface area contributed by atoms with Gasteiger partial charge >= 0.3 is 0 Å². The SMILES string of the molecule is CNN(C)N(N)N(N)[N+](C)(CN(C)C)C1CCCCCCC1. The van der Waals surface area contributed by atoms with Crippen molar-refractivity contribution in [3.8, 4) is 0 Å². The van der Waals surface area contributed by atoms with E-state index in [-0.39, 0.29) is 0 Å². The highest BCUT2D eigenvalue weighted by Crippen LogP contribution is 2.27. The minimum atomic E-state index is 0.476. The smallest absolute Gasteiger partial charge is 0.154 e. The predicted octanol–water partition coefficient (Wildman–Crippen LogP) is 0.228. The van der Waals surface area contributed by atoms with Gasteiger partial charge in [0.05, 0.1) is 7.05 Å². The molecule has 0 saturated heterocycles. The summed E-state index contributed by atoms with van der Waals surface area (Å²) in [6, 6.07) is 0.476. The first-order valence-corrected chi connectivity index (χ1v) is 8.34. The Labute approximate surface area is 136 Å². The Morgan fingerprint density at radius 2 is 1.50 bits per heavy atom. The van der Waals surface area contributed by atoms with Crippen molar-refractivity contribution in [2.75, 3.05) is 41.9 Å². The monoisotopic (exact) mass is 317 g/mol. The van der Waals surface area contributed by atoms with E-state index in [4.69, 9.17) is 11.7 Å². The van der Waals surface area contributed by atoms with Crippen LogP contribution in [0.3, 0.4) is 0 Å². The normalized spacial score (nSPS) is 21.4. The molecular weight excluding hydrogens is 280 g/mol. The molecule has 1 rings (SSSR count). The minimum Gasteiger partial charge on any atom is -0.261 e. The number of nitrogens with zero attached hydrogens (tertiary/aromatic N) is 5. The molecule has 1 aliphatic carbocycles. The number of hydrazine groups is 5. The Morgan fingerprint density at radius 1 is 1.00 bits per heavy atom. The van der Waals surface area contributed by atoms with Gasteiger partial charge in [-0.2, -0.15) is 4.59 Å². The molecule has 1 unspecified atom stereocenters. The summed E-state index contributed by atoms with van der Waals surface area (Å²) in [6.45, 7) is 0.812.